The van der Waals surface area contributed by atoms with Gasteiger partial charge in [0.2, 0.25) is 0 Å². The lowest BCUT2D eigenvalue weighted by molar-refractivity contribution is -0.0500. The van der Waals surface area contributed by atoms with E-state index in [2.05, 4.69) is 19.8 Å². The molecule has 0 aliphatic carbocycles. The van der Waals surface area contributed by atoms with Gasteiger partial charge in [0.15, 0.2) is 0 Å². The average Bonchev–Trinajstić information content (AvgIpc) is 3.39. The minimum Gasteiger partial charge on any atom is -0.494 e. The van der Waals surface area contributed by atoms with E-state index in [1.54, 1.807) is 6.07 Å². The number of hydrogen-bond donors (Lipinski definition) is 3. The molecule has 3 aromatic rings. The van der Waals surface area contributed by atoms with Crippen LogP contribution in [0, 0.1) is 0 Å². The summed E-state index contributed by atoms with van der Waals surface area (Å²) >= 11 is 0. The molecule has 11 heteroatoms. The molecule has 1 spiro atoms. The van der Waals surface area contributed by atoms with Crippen LogP contribution in [0.2, 0.25) is 0 Å². The quantitative estimate of drug-likeness (QED) is 0.358. The maximum Gasteiger partial charge on any atom is 0.534 e. The summed E-state index contributed by atoms with van der Waals surface area (Å²) in [7, 11) is -5.74. The molecule has 1 saturated heterocycles. The molecule has 0 saturated carbocycles. The monoisotopic (exact) mass is 495 g/mol. The van der Waals surface area contributed by atoms with Gasteiger partial charge in [0, 0.05) is 29.2 Å². The van der Waals surface area contributed by atoms with E-state index in [9.17, 15) is 21.6 Å². The standard InChI is InChI=1S/C23H24F3N3O4S/c24-23(25,26)34(30,31)33-17-6-7-20-18(13-17)19-12-15(8-11-32-16-4-2-1-3-5-16)29-22(21(19)28-20)9-10-27-14-22/h1-7,13,15,27-29H,8-12,14H2. The molecule has 0 radical (unpaired) electrons. The van der Waals surface area contributed by atoms with E-state index in [0.29, 0.717) is 25.0 Å². The molecular weight excluding hydrogens is 471 g/mol. The van der Waals surface area contributed by atoms with Crippen molar-refractivity contribution in [3.05, 3.63) is 59.8 Å². The Balaban J connectivity index is 1.43. The molecule has 7 nitrogen and oxygen atoms in total. The van der Waals surface area contributed by atoms with Crippen molar-refractivity contribution in [2.45, 2.75) is 36.4 Å². The zero-order chi connectivity index (χ0) is 24.0. The summed E-state index contributed by atoms with van der Waals surface area (Å²) in [4.78, 5) is 3.41. The van der Waals surface area contributed by atoms with Gasteiger partial charge in [-0.25, -0.2) is 0 Å². The summed E-state index contributed by atoms with van der Waals surface area (Å²) in [5, 5.41) is 7.80. The van der Waals surface area contributed by atoms with Gasteiger partial charge in [-0.1, -0.05) is 18.2 Å². The first-order valence-electron chi connectivity index (χ1n) is 11.0. The van der Waals surface area contributed by atoms with E-state index in [1.807, 2.05) is 30.3 Å². The topological polar surface area (TPSA) is 92.5 Å². The number of H-pyrrole nitrogens is 1. The first kappa shape index (κ1) is 23.0. The third-order valence-electron chi connectivity index (χ3n) is 6.41. The third-order valence-corrected chi connectivity index (χ3v) is 7.39. The summed E-state index contributed by atoms with van der Waals surface area (Å²) in [6, 6.07) is 13.7. The summed E-state index contributed by atoms with van der Waals surface area (Å²) in [5.74, 6) is 0.420. The van der Waals surface area contributed by atoms with Gasteiger partial charge in [-0.3, -0.25) is 0 Å². The molecule has 2 aromatic carbocycles. The molecule has 1 fully saturated rings. The van der Waals surface area contributed by atoms with Crippen molar-refractivity contribution in [3.8, 4) is 11.5 Å². The van der Waals surface area contributed by atoms with Gasteiger partial charge >= 0.3 is 15.6 Å². The Morgan fingerprint density at radius 1 is 1.09 bits per heavy atom. The summed E-state index contributed by atoms with van der Waals surface area (Å²) < 4.78 is 71.6. The van der Waals surface area contributed by atoms with Crippen molar-refractivity contribution in [2.75, 3.05) is 19.7 Å². The second kappa shape index (κ2) is 8.47. The van der Waals surface area contributed by atoms with Crippen molar-refractivity contribution in [3.63, 3.8) is 0 Å². The lowest BCUT2D eigenvalue weighted by Crippen LogP contribution is -2.54. The molecule has 2 unspecified atom stereocenters. The molecule has 34 heavy (non-hydrogen) atoms. The van der Waals surface area contributed by atoms with Crippen LogP contribution in [0.5, 0.6) is 11.5 Å². The van der Waals surface area contributed by atoms with Crippen molar-refractivity contribution in [1.82, 2.24) is 15.6 Å². The Labute approximate surface area is 194 Å². The first-order valence-corrected chi connectivity index (χ1v) is 12.4. The second-order valence-electron chi connectivity index (χ2n) is 8.67. The normalized spacial score (nSPS) is 22.7. The Morgan fingerprint density at radius 3 is 2.59 bits per heavy atom. The average molecular weight is 496 g/mol. The predicted molar refractivity (Wildman–Crippen MR) is 120 cm³/mol. The number of hydrogen-bond acceptors (Lipinski definition) is 6. The van der Waals surface area contributed by atoms with Crippen molar-refractivity contribution >= 4 is 21.0 Å². The Bertz CT molecular complexity index is 1290. The molecule has 3 heterocycles. The van der Waals surface area contributed by atoms with Crippen LogP contribution >= 0.6 is 0 Å². The van der Waals surface area contributed by atoms with Crippen LogP contribution in [-0.4, -0.2) is 44.6 Å². The van der Waals surface area contributed by atoms with Crippen molar-refractivity contribution in [2.24, 2.45) is 0 Å². The number of aromatic nitrogens is 1. The molecule has 3 N–H and O–H groups in total. The predicted octanol–water partition coefficient (Wildman–Crippen LogP) is 3.57. The van der Waals surface area contributed by atoms with Gasteiger partial charge in [0.1, 0.15) is 11.5 Å². The van der Waals surface area contributed by atoms with Crippen LogP contribution in [0.4, 0.5) is 13.2 Å². The number of rotatable bonds is 6. The molecule has 2 aliphatic heterocycles. The van der Waals surface area contributed by atoms with Gasteiger partial charge in [-0.2, -0.15) is 21.6 Å². The molecule has 0 amide bonds. The van der Waals surface area contributed by atoms with Crippen LogP contribution in [0.1, 0.15) is 24.1 Å². The number of aromatic amines is 1. The van der Waals surface area contributed by atoms with Crippen LogP contribution < -0.4 is 19.6 Å². The molecule has 182 valence electrons. The summed E-state index contributed by atoms with van der Waals surface area (Å²) in [6.45, 7) is 2.03. The lowest BCUT2D eigenvalue weighted by atomic mass is 9.82. The fourth-order valence-corrected chi connectivity index (χ4v) is 5.32. The highest BCUT2D eigenvalue weighted by molar-refractivity contribution is 7.88. The smallest absolute Gasteiger partial charge is 0.494 e. The summed E-state index contributed by atoms with van der Waals surface area (Å²) in [5.41, 5.74) is -3.19. The van der Waals surface area contributed by atoms with Crippen LogP contribution in [-0.2, 0) is 22.1 Å². The number of halogens is 3. The van der Waals surface area contributed by atoms with Crippen LogP contribution in [0.25, 0.3) is 10.9 Å². The molecular formula is C23H24F3N3O4S. The Kier molecular flexibility index (Phi) is 5.73. The van der Waals surface area contributed by atoms with Crippen LogP contribution in [0.15, 0.2) is 48.5 Å². The van der Waals surface area contributed by atoms with Crippen LogP contribution in [0.3, 0.4) is 0 Å². The highest BCUT2D eigenvalue weighted by atomic mass is 32.2. The van der Waals surface area contributed by atoms with Gasteiger partial charge < -0.3 is 24.5 Å². The highest BCUT2D eigenvalue weighted by Gasteiger charge is 2.49. The number of nitrogens with one attached hydrogen (secondary N) is 3. The van der Waals surface area contributed by atoms with Crippen molar-refractivity contribution in [1.29, 1.82) is 0 Å². The van der Waals surface area contributed by atoms with E-state index in [-0.39, 0.29) is 17.3 Å². The molecule has 0 bridgehead atoms. The van der Waals surface area contributed by atoms with Gasteiger partial charge in [-0.15, -0.1) is 0 Å². The highest BCUT2D eigenvalue weighted by Crippen LogP contribution is 2.40. The van der Waals surface area contributed by atoms with E-state index < -0.39 is 15.6 Å². The third kappa shape index (κ3) is 4.23. The van der Waals surface area contributed by atoms with E-state index in [0.717, 1.165) is 41.9 Å². The maximum atomic E-state index is 12.8. The van der Waals surface area contributed by atoms with Gasteiger partial charge in [0.05, 0.1) is 12.1 Å². The maximum absolute atomic E-state index is 12.8. The molecule has 2 aliphatic rings. The second-order valence-corrected chi connectivity index (χ2v) is 10.2. The zero-order valence-electron chi connectivity index (χ0n) is 18.1. The van der Waals surface area contributed by atoms with E-state index in [4.69, 9.17) is 4.74 Å². The minimum absolute atomic E-state index is 0.0681. The number of alkyl halides is 3. The minimum atomic E-state index is -5.74. The van der Waals surface area contributed by atoms with E-state index >= 15 is 0 Å². The fraction of sp³-hybridized carbons (Fsp3) is 0.391. The largest absolute Gasteiger partial charge is 0.534 e. The fourth-order valence-electron chi connectivity index (χ4n) is 4.87. The Morgan fingerprint density at radius 2 is 1.88 bits per heavy atom. The first-order chi connectivity index (χ1) is 16.2. The molecule has 1 aromatic heterocycles. The number of para-hydroxylation sites is 1. The Hall–Kier alpha value is -2.76. The number of fused-ring (bicyclic) bond motifs is 4. The SMILES string of the molecule is O=S(=O)(Oc1ccc2[nH]c3c(c2c1)CC(CCOc1ccccc1)NC31CCNC1)C(F)(F)F. The van der Waals surface area contributed by atoms with E-state index in [1.165, 1.54) is 12.1 Å². The molecule has 2 atom stereocenters. The summed E-state index contributed by atoms with van der Waals surface area (Å²) in [6.07, 6.45) is 2.18. The number of benzene rings is 2. The van der Waals surface area contributed by atoms with Gasteiger partial charge in [-0.05, 0) is 61.7 Å². The van der Waals surface area contributed by atoms with Gasteiger partial charge in [0.25, 0.3) is 0 Å². The zero-order valence-corrected chi connectivity index (χ0v) is 18.9. The lowest BCUT2D eigenvalue weighted by Gasteiger charge is -2.39. The van der Waals surface area contributed by atoms with Crippen molar-refractivity contribution < 1.29 is 30.5 Å². The molecule has 5 rings (SSSR count). The number of ether oxygens (including phenoxy) is 1.